The highest BCUT2D eigenvalue weighted by Gasteiger charge is 2.34. The summed E-state index contributed by atoms with van der Waals surface area (Å²) in [7, 11) is 2.04. The molecule has 0 fully saturated rings. The molecule has 0 rings (SSSR count). The van der Waals surface area contributed by atoms with Crippen molar-refractivity contribution in [3.8, 4) is 0 Å². The molecule has 0 aromatic carbocycles. The maximum atomic E-state index is 9.47. The van der Waals surface area contributed by atoms with E-state index in [2.05, 4.69) is 0 Å². The quantitative estimate of drug-likeness (QED) is 0.682. The van der Waals surface area contributed by atoms with E-state index in [1.165, 1.54) is 0 Å². The fourth-order valence-electron chi connectivity index (χ4n) is 0.946. The molecule has 0 saturated heterocycles. The Balaban J connectivity index is 4.30. The third-order valence-corrected chi connectivity index (χ3v) is 4.14. The second kappa shape index (κ2) is 5.62. The molecule has 0 aliphatic carbocycles. The van der Waals surface area contributed by atoms with Crippen LogP contribution < -0.4 is 0 Å². The summed E-state index contributed by atoms with van der Waals surface area (Å²) in [6.45, 7) is 3.49. The Labute approximate surface area is 86.9 Å². The minimum absolute atomic E-state index is 0.540. The zero-order valence-electron chi connectivity index (χ0n) is 9.53. The van der Waals surface area contributed by atoms with Crippen molar-refractivity contribution < 1.29 is 18.4 Å². The normalized spacial score (nSPS) is 13.9. The SMILES string of the molecule is CO[Si](/C=C/CC(C)(C)O)(OC)OC. The van der Waals surface area contributed by atoms with Crippen LogP contribution in [0.2, 0.25) is 0 Å². The van der Waals surface area contributed by atoms with Crippen molar-refractivity contribution in [1.82, 2.24) is 0 Å². The second-order valence-electron chi connectivity index (χ2n) is 3.63. The van der Waals surface area contributed by atoms with Gasteiger partial charge < -0.3 is 18.4 Å². The van der Waals surface area contributed by atoms with Crippen molar-refractivity contribution in [2.24, 2.45) is 0 Å². The minimum Gasteiger partial charge on any atom is -0.390 e. The molecular formula is C9H20O4Si. The summed E-state index contributed by atoms with van der Waals surface area (Å²) in [5.41, 5.74) is 1.05. The molecule has 0 aromatic heterocycles. The number of rotatable bonds is 6. The highest BCUT2D eigenvalue weighted by molar-refractivity contribution is 6.66. The molecule has 1 N–H and O–H groups in total. The van der Waals surface area contributed by atoms with E-state index >= 15 is 0 Å². The van der Waals surface area contributed by atoms with Crippen LogP contribution in [0.25, 0.3) is 0 Å². The molecule has 14 heavy (non-hydrogen) atoms. The van der Waals surface area contributed by atoms with Crippen LogP contribution >= 0.6 is 0 Å². The van der Waals surface area contributed by atoms with Gasteiger partial charge in [0.1, 0.15) is 0 Å². The molecule has 0 atom stereocenters. The lowest BCUT2D eigenvalue weighted by Gasteiger charge is -2.21. The molecule has 84 valence electrons. The van der Waals surface area contributed by atoms with Crippen LogP contribution in [0.15, 0.2) is 11.8 Å². The first-order valence-electron chi connectivity index (χ1n) is 4.44. The molecule has 0 bridgehead atoms. The van der Waals surface area contributed by atoms with Gasteiger partial charge in [-0.2, -0.15) is 0 Å². The van der Waals surface area contributed by atoms with Crippen molar-refractivity contribution in [2.45, 2.75) is 25.9 Å². The molecule has 5 heteroatoms. The topological polar surface area (TPSA) is 47.9 Å². The zero-order valence-corrected chi connectivity index (χ0v) is 10.5. The van der Waals surface area contributed by atoms with Crippen molar-refractivity contribution in [1.29, 1.82) is 0 Å². The van der Waals surface area contributed by atoms with Crippen LogP contribution in [0.5, 0.6) is 0 Å². The Bertz CT molecular complexity index is 173. The molecule has 0 aliphatic rings. The van der Waals surface area contributed by atoms with Gasteiger partial charge in [0, 0.05) is 21.3 Å². The van der Waals surface area contributed by atoms with E-state index in [1.807, 2.05) is 6.08 Å². The van der Waals surface area contributed by atoms with Gasteiger partial charge in [-0.15, -0.1) is 0 Å². The first kappa shape index (κ1) is 13.8. The highest BCUT2D eigenvalue weighted by Crippen LogP contribution is 2.12. The standard InChI is InChI=1S/C9H20O4Si/c1-9(2,10)7-6-8-14(11-3,12-4)13-5/h6,8,10H,7H2,1-5H3/b8-6+. The maximum Gasteiger partial charge on any atom is 0.528 e. The van der Waals surface area contributed by atoms with E-state index in [1.54, 1.807) is 40.9 Å². The van der Waals surface area contributed by atoms with Gasteiger partial charge >= 0.3 is 8.80 Å². The van der Waals surface area contributed by atoms with Gasteiger partial charge in [0.05, 0.1) is 5.60 Å². The Hall–Kier alpha value is -0.203. The average molecular weight is 220 g/mol. The van der Waals surface area contributed by atoms with Gasteiger partial charge in [-0.3, -0.25) is 0 Å². The fraction of sp³-hybridized carbons (Fsp3) is 0.778. The summed E-state index contributed by atoms with van der Waals surface area (Å²) in [5.74, 6) is 0. The van der Waals surface area contributed by atoms with Gasteiger partial charge in [0.2, 0.25) is 0 Å². The molecule has 0 amide bonds. The summed E-state index contributed by atoms with van der Waals surface area (Å²) in [6.07, 6.45) is 2.36. The van der Waals surface area contributed by atoms with Gasteiger partial charge in [0.15, 0.2) is 0 Å². The van der Waals surface area contributed by atoms with Crippen LogP contribution in [-0.2, 0) is 13.3 Å². The summed E-state index contributed by atoms with van der Waals surface area (Å²) in [4.78, 5) is 0. The molecular weight excluding hydrogens is 200 g/mol. The van der Waals surface area contributed by atoms with E-state index in [-0.39, 0.29) is 0 Å². The predicted molar refractivity (Wildman–Crippen MR) is 56.8 cm³/mol. The third kappa shape index (κ3) is 4.87. The molecule has 0 unspecified atom stereocenters. The molecule has 4 nitrogen and oxygen atoms in total. The fourth-order valence-corrected chi connectivity index (χ4v) is 2.26. The summed E-state index contributed by atoms with van der Waals surface area (Å²) in [5, 5.41) is 9.47. The third-order valence-electron chi connectivity index (χ3n) is 1.79. The minimum atomic E-state index is -2.61. The average Bonchev–Trinajstić information content (AvgIpc) is 2.11. The maximum absolute atomic E-state index is 9.47. The predicted octanol–water partition coefficient (Wildman–Crippen LogP) is 1.12. The smallest absolute Gasteiger partial charge is 0.390 e. The lowest BCUT2D eigenvalue weighted by Crippen LogP contribution is -2.41. The van der Waals surface area contributed by atoms with E-state index in [4.69, 9.17) is 13.3 Å². The molecule has 0 spiro atoms. The van der Waals surface area contributed by atoms with E-state index in [9.17, 15) is 5.11 Å². The summed E-state index contributed by atoms with van der Waals surface area (Å²) < 4.78 is 15.5. The van der Waals surface area contributed by atoms with Crippen LogP contribution in [0.4, 0.5) is 0 Å². The van der Waals surface area contributed by atoms with Gasteiger partial charge in [0.25, 0.3) is 0 Å². The number of aliphatic hydroxyl groups is 1. The first-order valence-corrected chi connectivity index (χ1v) is 6.25. The lowest BCUT2D eigenvalue weighted by atomic mass is 10.1. The second-order valence-corrected chi connectivity index (χ2v) is 6.40. The molecule has 0 radical (unpaired) electrons. The lowest BCUT2D eigenvalue weighted by molar-refractivity contribution is 0.0836. The van der Waals surface area contributed by atoms with E-state index in [0.29, 0.717) is 6.42 Å². The zero-order chi connectivity index (χ0) is 11.2. The van der Waals surface area contributed by atoms with Gasteiger partial charge in [-0.25, -0.2) is 0 Å². The van der Waals surface area contributed by atoms with Crippen LogP contribution in [-0.4, -0.2) is 40.8 Å². The van der Waals surface area contributed by atoms with Crippen molar-refractivity contribution in [2.75, 3.05) is 21.3 Å². The van der Waals surface area contributed by atoms with Gasteiger partial charge in [-0.1, -0.05) is 6.08 Å². The van der Waals surface area contributed by atoms with Gasteiger partial charge in [-0.05, 0) is 26.0 Å². The number of hydrogen-bond acceptors (Lipinski definition) is 4. The Kier molecular flexibility index (Phi) is 5.54. The van der Waals surface area contributed by atoms with Crippen molar-refractivity contribution in [3.63, 3.8) is 0 Å². The number of hydrogen-bond donors (Lipinski definition) is 1. The summed E-state index contributed by atoms with van der Waals surface area (Å²) >= 11 is 0. The Morgan fingerprint density at radius 2 is 1.57 bits per heavy atom. The monoisotopic (exact) mass is 220 g/mol. The van der Waals surface area contributed by atoms with Crippen molar-refractivity contribution >= 4 is 8.80 Å². The van der Waals surface area contributed by atoms with Crippen LogP contribution in [0, 0.1) is 0 Å². The summed E-state index contributed by atoms with van der Waals surface area (Å²) in [6, 6.07) is 0. The molecule has 0 aliphatic heterocycles. The van der Waals surface area contributed by atoms with E-state index < -0.39 is 14.4 Å². The molecule has 0 saturated carbocycles. The van der Waals surface area contributed by atoms with Crippen molar-refractivity contribution in [3.05, 3.63) is 11.8 Å². The molecule has 0 aromatic rings. The van der Waals surface area contributed by atoms with Crippen LogP contribution in [0.3, 0.4) is 0 Å². The van der Waals surface area contributed by atoms with Crippen LogP contribution in [0.1, 0.15) is 20.3 Å². The highest BCUT2D eigenvalue weighted by atomic mass is 28.4. The first-order chi connectivity index (χ1) is 6.39. The Morgan fingerprint density at radius 3 is 1.86 bits per heavy atom. The largest absolute Gasteiger partial charge is 0.528 e. The molecule has 0 heterocycles. The van der Waals surface area contributed by atoms with E-state index in [0.717, 1.165) is 0 Å². The Morgan fingerprint density at radius 1 is 1.14 bits per heavy atom.